The molecule has 1 heterocycles. The van der Waals surface area contributed by atoms with Crippen LogP contribution in [0.5, 0.6) is 0 Å². The van der Waals surface area contributed by atoms with Crippen LogP contribution >= 0.6 is 11.3 Å². The minimum absolute atomic E-state index is 0.263. The van der Waals surface area contributed by atoms with Crippen LogP contribution < -0.4 is 26.6 Å². The molecule has 0 atom stereocenters. The van der Waals surface area contributed by atoms with Gasteiger partial charge in [-0.1, -0.05) is 65.9 Å². The second kappa shape index (κ2) is 14.0. The lowest BCUT2D eigenvalue weighted by Crippen LogP contribution is -2.37. The molecule has 1 aliphatic rings. The summed E-state index contributed by atoms with van der Waals surface area (Å²) in [6.45, 7) is 7.13. The molecular weight excluding hydrogens is 616 g/mol. The maximum atomic E-state index is 13.6. The molecule has 3 aromatic carbocycles. The first-order valence-electron chi connectivity index (χ1n) is 15.3. The van der Waals surface area contributed by atoms with Crippen LogP contribution in [-0.4, -0.2) is 41.1 Å². The van der Waals surface area contributed by atoms with Crippen molar-refractivity contribution in [1.82, 2.24) is 15.6 Å². The number of aromatic nitrogens is 1. The Morgan fingerprint density at radius 3 is 2.32 bits per heavy atom. The van der Waals surface area contributed by atoms with Crippen molar-refractivity contribution < 1.29 is 23.9 Å². The Morgan fingerprint density at radius 1 is 0.979 bits per heavy atom. The lowest BCUT2D eigenvalue weighted by atomic mass is 10.1. The number of carbonyl (C=O) groups is 4. The molecule has 0 spiro atoms. The molecule has 4 aromatic rings. The molecule has 12 heteroatoms. The number of nitrogens with zero attached hydrogens (tertiary/aromatic N) is 2. The van der Waals surface area contributed by atoms with Gasteiger partial charge in [0.1, 0.15) is 17.0 Å². The highest BCUT2D eigenvalue weighted by atomic mass is 32.1. The van der Waals surface area contributed by atoms with Crippen molar-refractivity contribution in [2.45, 2.75) is 58.6 Å². The van der Waals surface area contributed by atoms with E-state index in [9.17, 15) is 19.2 Å². The number of nitrogens with one attached hydrogen (secondary N) is 3. The number of urea groups is 1. The predicted molar refractivity (Wildman–Crippen MR) is 183 cm³/mol. The summed E-state index contributed by atoms with van der Waals surface area (Å²) in [5, 5.41) is 8.37. The number of hydrogen-bond donors (Lipinski definition) is 4. The van der Waals surface area contributed by atoms with E-state index < -0.39 is 23.6 Å². The summed E-state index contributed by atoms with van der Waals surface area (Å²) in [6.07, 6.45) is 1.51. The van der Waals surface area contributed by atoms with E-state index in [0.29, 0.717) is 40.0 Å². The van der Waals surface area contributed by atoms with Gasteiger partial charge in [-0.3, -0.25) is 9.59 Å². The molecule has 5 amide bonds. The van der Waals surface area contributed by atoms with Crippen LogP contribution in [0.4, 0.5) is 26.1 Å². The number of anilines is 3. The molecule has 0 aliphatic heterocycles. The van der Waals surface area contributed by atoms with Gasteiger partial charge in [0.2, 0.25) is 5.91 Å². The van der Waals surface area contributed by atoms with Gasteiger partial charge in [-0.2, -0.15) is 0 Å². The van der Waals surface area contributed by atoms with Crippen molar-refractivity contribution in [3.63, 3.8) is 0 Å². The number of hydrogen-bond acceptors (Lipinski definition) is 7. The van der Waals surface area contributed by atoms with E-state index in [0.717, 1.165) is 40.9 Å². The van der Waals surface area contributed by atoms with Crippen molar-refractivity contribution in [2.24, 2.45) is 5.73 Å². The summed E-state index contributed by atoms with van der Waals surface area (Å²) in [6, 6.07) is 21.6. The number of primary amides is 1. The largest absolute Gasteiger partial charge is 0.444 e. The summed E-state index contributed by atoms with van der Waals surface area (Å²) in [7, 11) is 0. The molecule has 5 rings (SSSR count). The van der Waals surface area contributed by atoms with E-state index in [1.165, 1.54) is 4.90 Å². The standard InChI is InChI=1S/C35H38N6O5S/c1-21-10-11-25(23-12-13-23)18-27(21)41(32(36)44)33-40-29(30(47-33)31(43)37-19-22-8-6-5-7-9-22)24-14-16-26(17-15-24)39-28(42)20-38-34(45)46-35(2,3)4/h5-11,14-18,23H,12-13,19-20H2,1-4H3,(H2,36,44)(H,37,43)(H,38,45)(H,39,42). The molecule has 47 heavy (non-hydrogen) atoms. The van der Waals surface area contributed by atoms with Crippen molar-refractivity contribution in [3.05, 3.63) is 94.4 Å². The first-order chi connectivity index (χ1) is 22.4. The zero-order valence-corrected chi connectivity index (χ0v) is 27.6. The Bertz CT molecular complexity index is 1780. The van der Waals surface area contributed by atoms with Gasteiger partial charge in [-0.05, 0) is 81.3 Å². The summed E-state index contributed by atoms with van der Waals surface area (Å²) in [4.78, 5) is 57.4. The Kier molecular flexibility index (Phi) is 9.90. The molecule has 11 nitrogen and oxygen atoms in total. The van der Waals surface area contributed by atoms with Crippen molar-refractivity contribution in [1.29, 1.82) is 0 Å². The quantitative estimate of drug-likeness (QED) is 0.151. The van der Waals surface area contributed by atoms with Gasteiger partial charge in [0.25, 0.3) is 5.91 Å². The van der Waals surface area contributed by atoms with Crippen molar-refractivity contribution >= 4 is 51.8 Å². The molecule has 0 bridgehead atoms. The number of nitrogens with two attached hydrogens (primary N) is 1. The normalized spacial score (nSPS) is 12.6. The molecule has 0 saturated heterocycles. The van der Waals surface area contributed by atoms with Crippen LogP contribution in [0, 0.1) is 6.92 Å². The van der Waals surface area contributed by atoms with Gasteiger partial charge in [0.05, 0.1) is 11.4 Å². The van der Waals surface area contributed by atoms with E-state index in [2.05, 4.69) is 22.0 Å². The van der Waals surface area contributed by atoms with Crippen LogP contribution in [0.3, 0.4) is 0 Å². The number of amides is 5. The number of rotatable bonds is 10. The molecular formula is C35H38N6O5S. The maximum Gasteiger partial charge on any atom is 0.408 e. The fourth-order valence-electron chi connectivity index (χ4n) is 4.85. The first-order valence-corrected chi connectivity index (χ1v) is 16.1. The van der Waals surface area contributed by atoms with Gasteiger partial charge in [0, 0.05) is 17.8 Å². The molecule has 1 aliphatic carbocycles. The average Bonchev–Trinajstić information content (AvgIpc) is 3.79. The highest BCUT2D eigenvalue weighted by Crippen LogP contribution is 2.43. The molecule has 244 valence electrons. The molecule has 0 unspecified atom stereocenters. The predicted octanol–water partition coefficient (Wildman–Crippen LogP) is 6.61. The smallest absolute Gasteiger partial charge is 0.408 e. The van der Waals surface area contributed by atoms with Crippen LogP contribution in [0.1, 0.15) is 65.9 Å². The second-order valence-corrected chi connectivity index (χ2v) is 13.3. The highest BCUT2D eigenvalue weighted by molar-refractivity contribution is 7.18. The number of ether oxygens (including phenoxy) is 1. The second-order valence-electron chi connectivity index (χ2n) is 12.3. The number of thiazole rings is 1. The zero-order chi connectivity index (χ0) is 33.7. The summed E-state index contributed by atoms with van der Waals surface area (Å²) >= 11 is 1.08. The lowest BCUT2D eigenvalue weighted by molar-refractivity contribution is -0.115. The van der Waals surface area contributed by atoms with Crippen molar-refractivity contribution in [2.75, 3.05) is 16.8 Å². The van der Waals surface area contributed by atoms with Crippen LogP contribution in [0.15, 0.2) is 72.8 Å². The summed E-state index contributed by atoms with van der Waals surface area (Å²) in [5.74, 6) is -0.338. The Hall–Kier alpha value is -5.23. The van der Waals surface area contributed by atoms with Gasteiger partial charge >= 0.3 is 12.1 Å². The van der Waals surface area contributed by atoms with Crippen LogP contribution in [-0.2, 0) is 16.1 Å². The minimum Gasteiger partial charge on any atom is -0.444 e. The van der Waals surface area contributed by atoms with Crippen molar-refractivity contribution in [3.8, 4) is 11.3 Å². The first kappa shape index (κ1) is 33.1. The highest BCUT2D eigenvalue weighted by Gasteiger charge is 2.29. The molecule has 1 aromatic heterocycles. The van der Waals surface area contributed by atoms with Gasteiger partial charge in [-0.25, -0.2) is 19.5 Å². The third-order valence-electron chi connectivity index (χ3n) is 7.29. The molecule has 0 radical (unpaired) electrons. The van der Waals surface area contributed by atoms with Crippen LogP contribution in [0.2, 0.25) is 0 Å². The number of benzene rings is 3. The average molecular weight is 655 g/mol. The van der Waals surface area contributed by atoms with E-state index in [4.69, 9.17) is 15.5 Å². The Morgan fingerprint density at radius 2 is 1.68 bits per heavy atom. The van der Waals surface area contributed by atoms with E-state index in [-0.39, 0.29) is 17.6 Å². The lowest BCUT2D eigenvalue weighted by Gasteiger charge is -2.20. The summed E-state index contributed by atoms with van der Waals surface area (Å²) in [5.41, 5.74) is 10.2. The molecule has 1 saturated carbocycles. The van der Waals surface area contributed by atoms with E-state index in [1.54, 1.807) is 45.0 Å². The minimum atomic E-state index is -0.712. The summed E-state index contributed by atoms with van der Waals surface area (Å²) < 4.78 is 5.16. The van der Waals surface area contributed by atoms with Gasteiger partial charge < -0.3 is 26.4 Å². The van der Waals surface area contributed by atoms with E-state index >= 15 is 0 Å². The van der Waals surface area contributed by atoms with Gasteiger partial charge in [0.15, 0.2) is 5.13 Å². The maximum absolute atomic E-state index is 13.6. The topological polar surface area (TPSA) is 156 Å². The third-order valence-corrected chi connectivity index (χ3v) is 8.33. The monoisotopic (exact) mass is 654 g/mol. The van der Waals surface area contributed by atoms with Crippen LogP contribution in [0.25, 0.3) is 11.3 Å². The number of aryl methyl sites for hydroxylation is 1. The fourth-order valence-corrected chi connectivity index (χ4v) is 5.87. The molecule has 5 N–H and O–H groups in total. The van der Waals surface area contributed by atoms with E-state index in [1.807, 2.05) is 49.4 Å². The number of alkyl carbamates (subject to hydrolysis) is 1. The fraction of sp³-hybridized carbons (Fsp3) is 0.286. The zero-order valence-electron chi connectivity index (χ0n) is 26.8. The number of carbonyl (C=O) groups excluding carboxylic acids is 4. The van der Waals surface area contributed by atoms with Gasteiger partial charge in [-0.15, -0.1) is 0 Å². The Balaban J connectivity index is 1.41. The third kappa shape index (κ3) is 8.73. The molecule has 1 fully saturated rings. The SMILES string of the molecule is Cc1ccc(C2CC2)cc1N(C(N)=O)c1nc(-c2ccc(NC(=O)CNC(=O)OC(C)(C)C)cc2)c(C(=O)NCc2ccccc2)s1. The Labute approximate surface area is 277 Å².